The third-order valence-electron chi connectivity index (χ3n) is 2.21. The number of hydrogen-bond donors (Lipinski definition) is 2. The molecule has 1 amide bonds. The first kappa shape index (κ1) is 15.4. The normalized spacial score (nSPS) is 10.4. The zero-order valence-corrected chi connectivity index (χ0v) is 10.7. The van der Waals surface area contributed by atoms with Crippen LogP contribution in [0.5, 0.6) is 0 Å². The molecule has 0 atom stereocenters. The smallest absolute Gasteiger partial charge is 0.221 e. The summed E-state index contributed by atoms with van der Waals surface area (Å²) in [5.74, 6) is 0.120. The van der Waals surface area contributed by atoms with E-state index < -0.39 is 0 Å². The van der Waals surface area contributed by atoms with Gasteiger partial charge in [0.25, 0.3) is 0 Å². The Hall–Kier alpha value is -0.610. The molecule has 0 aromatic carbocycles. The van der Waals surface area contributed by atoms with Crippen LogP contribution in [0.25, 0.3) is 0 Å². The minimum atomic E-state index is 0.120. The SMILES string of the molecule is CCCCOCCCNC(=O)CCNCC. The Labute approximate surface area is 99.1 Å². The summed E-state index contributed by atoms with van der Waals surface area (Å²) in [5.41, 5.74) is 0. The van der Waals surface area contributed by atoms with Gasteiger partial charge >= 0.3 is 0 Å². The largest absolute Gasteiger partial charge is 0.381 e. The van der Waals surface area contributed by atoms with Crippen molar-refractivity contribution in [3.8, 4) is 0 Å². The molecule has 0 aliphatic carbocycles. The molecule has 96 valence electrons. The van der Waals surface area contributed by atoms with Gasteiger partial charge in [-0.05, 0) is 19.4 Å². The minimum Gasteiger partial charge on any atom is -0.381 e. The number of ether oxygens (including phenoxy) is 1. The van der Waals surface area contributed by atoms with Crippen LogP contribution in [0.3, 0.4) is 0 Å². The van der Waals surface area contributed by atoms with Gasteiger partial charge < -0.3 is 15.4 Å². The first-order valence-corrected chi connectivity index (χ1v) is 6.36. The average molecular weight is 230 g/mol. The topological polar surface area (TPSA) is 50.4 Å². The molecule has 2 N–H and O–H groups in total. The Balaban J connectivity index is 3.09. The fourth-order valence-electron chi connectivity index (χ4n) is 1.22. The second kappa shape index (κ2) is 12.5. The third-order valence-corrected chi connectivity index (χ3v) is 2.21. The Kier molecular flexibility index (Phi) is 12.0. The Bertz CT molecular complexity index is 163. The molecular weight excluding hydrogens is 204 g/mol. The average Bonchev–Trinajstić information content (AvgIpc) is 2.28. The molecule has 4 heteroatoms. The van der Waals surface area contributed by atoms with Crippen LogP contribution in [0.2, 0.25) is 0 Å². The van der Waals surface area contributed by atoms with Crippen LogP contribution in [0.1, 0.15) is 39.5 Å². The van der Waals surface area contributed by atoms with E-state index in [1.165, 1.54) is 6.42 Å². The molecule has 0 saturated heterocycles. The maximum atomic E-state index is 11.3. The fraction of sp³-hybridized carbons (Fsp3) is 0.917. The molecular formula is C12H26N2O2. The standard InChI is InChI=1S/C12H26N2O2/c1-3-5-10-16-11-6-8-14-12(15)7-9-13-4-2/h13H,3-11H2,1-2H3,(H,14,15). The lowest BCUT2D eigenvalue weighted by atomic mass is 10.3. The Morgan fingerprint density at radius 2 is 1.88 bits per heavy atom. The highest BCUT2D eigenvalue weighted by atomic mass is 16.5. The van der Waals surface area contributed by atoms with Gasteiger partial charge in [0.05, 0.1) is 0 Å². The lowest BCUT2D eigenvalue weighted by Gasteiger charge is -2.06. The first-order chi connectivity index (χ1) is 7.81. The monoisotopic (exact) mass is 230 g/mol. The summed E-state index contributed by atoms with van der Waals surface area (Å²) >= 11 is 0. The van der Waals surface area contributed by atoms with E-state index in [2.05, 4.69) is 17.6 Å². The molecule has 0 radical (unpaired) electrons. The molecule has 0 saturated carbocycles. The zero-order chi connectivity index (χ0) is 12.1. The molecule has 0 unspecified atom stereocenters. The number of hydrogen-bond acceptors (Lipinski definition) is 3. The van der Waals surface area contributed by atoms with E-state index in [-0.39, 0.29) is 5.91 Å². The number of carbonyl (C=O) groups excluding carboxylic acids is 1. The van der Waals surface area contributed by atoms with Crippen LogP contribution in [-0.4, -0.2) is 38.8 Å². The van der Waals surface area contributed by atoms with Crippen LogP contribution < -0.4 is 10.6 Å². The first-order valence-electron chi connectivity index (χ1n) is 6.36. The number of carbonyl (C=O) groups is 1. The van der Waals surface area contributed by atoms with Crippen molar-refractivity contribution in [2.75, 3.05) is 32.8 Å². The summed E-state index contributed by atoms with van der Waals surface area (Å²) in [6.45, 7) is 8.16. The van der Waals surface area contributed by atoms with Crippen LogP contribution >= 0.6 is 0 Å². The van der Waals surface area contributed by atoms with Gasteiger partial charge in [0.1, 0.15) is 0 Å². The van der Waals surface area contributed by atoms with Crippen molar-refractivity contribution in [1.29, 1.82) is 0 Å². The summed E-state index contributed by atoms with van der Waals surface area (Å²) in [7, 11) is 0. The van der Waals surface area contributed by atoms with E-state index in [1.807, 2.05) is 6.92 Å². The third kappa shape index (κ3) is 11.5. The highest BCUT2D eigenvalue weighted by molar-refractivity contribution is 5.75. The van der Waals surface area contributed by atoms with E-state index in [9.17, 15) is 4.79 Å². The predicted molar refractivity (Wildman–Crippen MR) is 66.5 cm³/mol. The molecule has 0 aliphatic heterocycles. The molecule has 0 bridgehead atoms. The van der Waals surface area contributed by atoms with E-state index in [0.29, 0.717) is 6.42 Å². The van der Waals surface area contributed by atoms with Crippen LogP contribution in [0, 0.1) is 0 Å². The van der Waals surface area contributed by atoms with Gasteiger partial charge in [0.15, 0.2) is 0 Å². The van der Waals surface area contributed by atoms with Gasteiger partial charge in [-0.25, -0.2) is 0 Å². The fourth-order valence-corrected chi connectivity index (χ4v) is 1.22. The van der Waals surface area contributed by atoms with E-state index in [1.54, 1.807) is 0 Å². The molecule has 0 aliphatic rings. The van der Waals surface area contributed by atoms with Gasteiger partial charge in [0, 0.05) is 32.7 Å². The van der Waals surface area contributed by atoms with Crippen molar-refractivity contribution in [2.24, 2.45) is 0 Å². The molecule has 0 aromatic rings. The van der Waals surface area contributed by atoms with Crippen molar-refractivity contribution in [2.45, 2.75) is 39.5 Å². The molecule has 0 spiro atoms. The van der Waals surface area contributed by atoms with Gasteiger partial charge in [-0.3, -0.25) is 4.79 Å². The maximum Gasteiger partial charge on any atom is 0.221 e. The summed E-state index contributed by atoms with van der Waals surface area (Å²) in [4.78, 5) is 11.3. The summed E-state index contributed by atoms with van der Waals surface area (Å²) in [6, 6.07) is 0. The van der Waals surface area contributed by atoms with Gasteiger partial charge in [-0.15, -0.1) is 0 Å². The highest BCUT2D eigenvalue weighted by Crippen LogP contribution is 1.89. The molecule has 0 rings (SSSR count). The van der Waals surface area contributed by atoms with Crippen LogP contribution in [0.4, 0.5) is 0 Å². The van der Waals surface area contributed by atoms with Crippen molar-refractivity contribution in [3.05, 3.63) is 0 Å². The van der Waals surface area contributed by atoms with Crippen molar-refractivity contribution in [1.82, 2.24) is 10.6 Å². The summed E-state index contributed by atoms with van der Waals surface area (Å²) in [6.07, 6.45) is 3.75. The quantitative estimate of drug-likeness (QED) is 0.526. The van der Waals surface area contributed by atoms with E-state index in [0.717, 1.165) is 45.7 Å². The van der Waals surface area contributed by atoms with E-state index in [4.69, 9.17) is 4.74 Å². The van der Waals surface area contributed by atoms with Gasteiger partial charge in [0.2, 0.25) is 5.91 Å². The van der Waals surface area contributed by atoms with Crippen LogP contribution in [-0.2, 0) is 9.53 Å². The van der Waals surface area contributed by atoms with Gasteiger partial charge in [-0.1, -0.05) is 20.3 Å². The lowest BCUT2D eigenvalue weighted by Crippen LogP contribution is -2.28. The highest BCUT2D eigenvalue weighted by Gasteiger charge is 1.98. The maximum absolute atomic E-state index is 11.3. The second-order valence-corrected chi connectivity index (χ2v) is 3.77. The minimum absolute atomic E-state index is 0.120. The lowest BCUT2D eigenvalue weighted by molar-refractivity contribution is -0.121. The van der Waals surface area contributed by atoms with Gasteiger partial charge in [-0.2, -0.15) is 0 Å². The van der Waals surface area contributed by atoms with Crippen LogP contribution in [0.15, 0.2) is 0 Å². The Morgan fingerprint density at radius 3 is 2.56 bits per heavy atom. The molecule has 0 heterocycles. The molecule has 0 aromatic heterocycles. The number of rotatable bonds is 11. The molecule has 4 nitrogen and oxygen atoms in total. The summed E-state index contributed by atoms with van der Waals surface area (Å²) < 4.78 is 5.39. The number of amides is 1. The second-order valence-electron chi connectivity index (χ2n) is 3.77. The zero-order valence-electron chi connectivity index (χ0n) is 10.7. The van der Waals surface area contributed by atoms with E-state index >= 15 is 0 Å². The molecule has 0 fully saturated rings. The van der Waals surface area contributed by atoms with Crippen molar-refractivity contribution >= 4 is 5.91 Å². The summed E-state index contributed by atoms with van der Waals surface area (Å²) in [5, 5.41) is 5.99. The van der Waals surface area contributed by atoms with Crippen molar-refractivity contribution in [3.63, 3.8) is 0 Å². The van der Waals surface area contributed by atoms with Crippen molar-refractivity contribution < 1.29 is 9.53 Å². The number of unbranched alkanes of at least 4 members (excludes halogenated alkanes) is 1. The molecule has 16 heavy (non-hydrogen) atoms. The number of nitrogens with one attached hydrogen (secondary N) is 2. The Morgan fingerprint density at radius 1 is 1.12 bits per heavy atom. The predicted octanol–water partition coefficient (Wildman–Crippen LogP) is 1.31.